The van der Waals surface area contributed by atoms with E-state index in [4.69, 9.17) is 30.9 Å². The molecule has 34 heavy (non-hydrogen) atoms. The van der Waals surface area contributed by atoms with E-state index in [1.807, 2.05) is 0 Å². The average molecular weight is 518 g/mol. The summed E-state index contributed by atoms with van der Waals surface area (Å²) in [5.74, 6) is -1.15. The molecule has 3 rings (SSSR count). The lowest BCUT2D eigenvalue weighted by molar-refractivity contribution is -0.141. The highest BCUT2D eigenvalue weighted by Crippen LogP contribution is 2.43. The van der Waals surface area contributed by atoms with Crippen LogP contribution in [-0.4, -0.2) is 40.0 Å². The topological polar surface area (TPSA) is 131 Å². The monoisotopic (exact) mass is 517 g/mol. The number of benzene rings is 2. The van der Waals surface area contributed by atoms with Crippen LogP contribution >= 0.6 is 19.4 Å². The summed E-state index contributed by atoms with van der Waals surface area (Å²) >= 11 is 5.79. The first-order valence-corrected chi connectivity index (χ1v) is 11.6. The first kappa shape index (κ1) is 27.9. The molecule has 12 heteroatoms. The lowest BCUT2D eigenvalue weighted by atomic mass is 9.85. The van der Waals surface area contributed by atoms with Crippen LogP contribution in [0.4, 0.5) is 4.39 Å². The Hall–Kier alpha value is -2.33. The van der Waals surface area contributed by atoms with Gasteiger partial charge in [-0.1, -0.05) is 19.0 Å². The van der Waals surface area contributed by atoms with E-state index >= 15 is 0 Å². The molecule has 0 unspecified atom stereocenters. The Morgan fingerprint density at radius 2 is 1.85 bits per heavy atom. The predicted molar refractivity (Wildman–Crippen MR) is 122 cm³/mol. The number of phosphoric ester groups is 1. The van der Waals surface area contributed by atoms with Gasteiger partial charge in [0.2, 0.25) is 0 Å². The van der Waals surface area contributed by atoms with Crippen LogP contribution in [0.5, 0.6) is 5.75 Å². The van der Waals surface area contributed by atoms with Gasteiger partial charge in [-0.15, -0.1) is 0 Å². The summed E-state index contributed by atoms with van der Waals surface area (Å²) in [6, 6.07) is 7.24. The minimum atomic E-state index is -4.82. The van der Waals surface area contributed by atoms with Gasteiger partial charge in [0, 0.05) is 16.7 Å². The van der Waals surface area contributed by atoms with Crippen molar-refractivity contribution in [3.63, 3.8) is 0 Å². The Labute approximate surface area is 201 Å². The van der Waals surface area contributed by atoms with Crippen molar-refractivity contribution in [3.05, 3.63) is 63.9 Å². The van der Waals surface area contributed by atoms with Crippen LogP contribution in [0, 0.1) is 5.82 Å². The largest absolute Gasteiger partial charge is 0.485 e. The number of hydrogen-bond donors (Lipinski definition) is 3. The van der Waals surface area contributed by atoms with E-state index in [-0.39, 0.29) is 23.8 Å². The number of rotatable bonds is 7. The maximum Gasteiger partial charge on any atom is 0.471 e. The minimum absolute atomic E-state index is 0. The van der Waals surface area contributed by atoms with Gasteiger partial charge in [0.05, 0.1) is 11.1 Å². The molecule has 3 N–H and O–H groups in total. The summed E-state index contributed by atoms with van der Waals surface area (Å²) in [6.07, 6.45) is -1.00. The molecular weight excluding hydrogens is 492 g/mol. The van der Waals surface area contributed by atoms with Crippen LogP contribution in [0.1, 0.15) is 60.5 Å². The predicted octanol–water partition coefficient (Wildman–Crippen LogP) is 4.41. The molecule has 0 bridgehead atoms. The van der Waals surface area contributed by atoms with Crippen molar-refractivity contribution in [2.45, 2.75) is 45.9 Å². The molecule has 186 valence electrons. The number of carbonyl (C=O) groups excluding carboxylic acids is 2. The van der Waals surface area contributed by atoms with Crippen LogP contribution in [-0.2, 0) is 13.8 Å². The second-order valence-electron chi connectivity index (χ2n) is 7.92. The van der Waals surface area contributed by atoms with Crippen LogP contribution < -0.4 is 10.1 Å². The number of ketones is 1. The number of nitrogens with one attached hydrogen (secondary N) is 1. The zero-order valence-corrected chi connectivity index (χ0v) is 19.5. The van der Waals surface area contributed by atoms with Crippen molar-refractivity contribution in [2.24, 2.45) is 0 Å². The fraction of sp³-hybridized carbons (Fsp3) is 0.364. The molecule has 0 aromatic heterocycles. The first-order chi connectivity index (χ1) is 15.3. The Balaban J connectivity index is 0.00000408. The number of halogens is 2. The third-order valence-electron chi connectivity index (χ3n) is 5.05. The van der Waals surface area contributed by atoms with Crippen molar-refractivity contribution in [2.75, 3.05) is 6.79 Å². The maximum absolute atomic E-state index is 13.5. The van der Waals surface area contributed by atoms with Gasteiger partial charge < -0.3 is 24.6 Å². The number of hydrogen-bond acceptors (Lipinski definition) is 6. The number of amides is 1. The lowest BCUT2D eigenvalue weighted by Gasteiger charge is -2.44. The standard InChI is InChI=1S/C21H22ClFNO8P.CH4/c1-11(25)12-5-7-17-14(8-12)18(24-20(26)13-4-6-16(23)15(22)9-13)19(21(2,3)32-17)30-10-31-33(27,28)29;/h4-9,18-19H,10H2,1-3H3,(H,24,26)(H2,27,28,29);1H4/t18-,19-;/m0./s1. The molecule has 2 aromatic carbocycles. The van der Waals surface area contributed by atoms with Crippen LogP contribution in [0.2, 0.25) is 5.02 Å². The van der Waals surface area contributed by atoms with Gasteiger partial charge in [-0.3, -0.25) is 14.1 Å². The Morgan fingerprint density at radius 3 is 2.44 bits per heavy atom. The molecule has 0 fully saturated rings. The fourth-order valence-corrected chi connectivity index (χ4v) is 3.87. The zero-order chi connectivity index (χ0) is 24.6. The summed E-state index contributed by atoms with van der Waals surface area (Å²) in [4.78, 5) is 42.8. The molecular formula is C22H26ClFNO8P. The summed E-state index contributed by atoms with van der Waals surface area (Å²) in [5, 5.41) is 2.53. The molecule has 2 atom stereocenters. The van der Waals surface area contributed by atoms with Gasteiger partial charge in [0.25, 0.3) is 5.91 Å². The average Bonchev–Trinajstić information content (AvgIpc) is 2.70. The highest BCUT2D eigenvalue weighted by atomic mass is 35.5. The van der Waals surface area contributed by atoms with Gasteiger partial charge in [-0.05, 0) is 57.2 Å². The molecule has 2 aromatic rings. The molecule has 0 saturated heterocycles. The highest BCUT2D eigenvalue weighted by Gasteiger charge is 2.46. The van der Waals surface area contributed by atoms with Gasteiger partial charge in [0.1, 0.15) is 23.3 Å². The first-order valence-electron chi connectivity index (χ1n) is 9.70. The van der Waals surface area contributed by atoms with Crippen LogP contribution in [0.3, 0.4) is 0 Å². The Bertz CT molecular complexity index is 1140. The van der Waals surface area contributed by atoms with Crippen LogP contribution in [0.15, 0.2) is 36.4 Å². The van der Waals surface area contributed by atoms with E-state index in [9.17, 15) is 18.5 Å². The molecule has 1 aliphatic rings. The van der Waals surface area contributed by atoms with Gasteiger partial charge in [-0.2, -0.15) is 0 Å². The maximum atomic E-state index is 13.5. The zero-order valence-electron chi connectivity index (χ0n) is 17.9. The van der Waals surface area contributed by atoms with Gasteiger partial charge in [-0.25, -0.2) is 8.96 Å². The van der Waals surface area contributed by atoms with Crippen molar-refractivity contribution < 1.29 is 42.3 Å². The molecule has 0 radical (unpaired) electrons. The second kappa shape index (κ2) is 10.5. The minimum Gasteiger partial charge on any atom is -0.485 e. The molecule has 1 amide bonds. The van der Waals surface area contributed by atoms with Crippen LogP contribution in [0.25, 0.3) is 0 Å². The number of ether oxygens (including phenoxy) is 2. The van der Waals surface area contributed by atoms with Gasteiger partial charge >= 0.3 is 7.82 Å². The summed E-state index contributed by atoms with van der Waals surface area (Å²) in [7, 11) is -4.82. The smallest absolute Gasteiger partial charge is 0.471 e. The molecule has 1 aliphatic heterocycles. The molecule has 1 heterocycles. The third-order valence-corrected chi connectivity index (χ3v) is 5.78. The number of phosphoric acid groups is 1. The third kappa shape index (κ3) is 6.41. The summed E-state index contributed by atoms with van der Waals surface area (Å²) < 4.78 is 40.6. The van der Waals surface area contributed by atoms with E-state index in [1.165, 1.54) is 19.1 Å². The quantitative estimate of drug-likeness (QED) is 0.279. The summed E-state index contributed by atoms with van der Waals surface area (Å²) in [6.45, 7) is 3.90. The molecule has 0 aliphatic carbocycles. The number of carbonyl (C=O) groups is 2. The SMILES string of the molecule is C.CC(=O)c1ccc2c(c1)[C@H](NC(=O)c1ccc(F)c(Cl)c1)[C@H](OCOP(=O)(O)O)C(C)(C)O2. The van der Waals surface area contributed by atoms with E-state index < -0.39 is 44.1 Å². The molecule has 0 spiro atoms. The van der Waals surface area contributed by atoms with Crippen molar-refractivity contribution in [1.29, 1.82) is 0 Å². The molecule has 0 saturated carbocycles. The summed E-state index contributed by atoms with van der Waals surface area (Å²) in [5.41, 5.74) is -0.266. The van der Waals surface area contributed by atoms with Crippen molar-refractivity contribution in [1.82, 2.24) is 5.32 Å². The van der Waals surface area contributed by atoms with E-state index in [2.05, 4.69) is 9.84 Å². The van der Waals surface area contributed by atoms with Crippen molar-refractivity contribution in [3.8, 4) is 5.75 Å². The van der Waals surface area contributed by atoms with E-state index in [0.717, 1.165) is 12.1 Å². The van der Waals surface area contributed by atoms with Crippen molar-refractivity contribution >= 4 is 31.1 Å². The second-order valence-corrected chi connectivity index (χ2v) is 9.57. The Morgan fingerprint density at radius 1 is 1.21 bits per heavy atom. The highest BCUT2D eigenvalue weighted by molar-refractivity contribution is 7.46. The number of fused-ring (bicyclic) bond motifs is 1. The molecule has 9 nitrogen and oxygen atoms in total. The lowest BCUT2D eigenvalue weighted by Crippen LogP contribution is -2.55. The number of Topliss-reactive ketones (excluding diaryl/α,β-unsaturated/α-hetero) is 1. The Kier molecular flexibility index (Phi) is 8.63. The normalized spacial score (nSPS) is 18.8. The fourth-order valence-electron chi connectivity index (χ4n) is 3.49. The van der Waals surface area contributed by atoms with Gasteiger partial charge in [0.15, 0.2) is 12.6 Å². The van der Waals surface area contributed by atoms with E-state index in [1.54, 1.807) is 26.0 Å². The van der Waals surface area contributed by atoms with E-state index in [0.29, 0.717) is 16.9 Å².